The standard InChI is InChI=1S/C23H24FN3O2/c24-21-12-20(29-14-15-4-2-1-3-5-15)9-7-16(21)10-19(13-25)27-23(28)22-17-6-8-18(11-17)26-22/h1-5,7,9,12,17-19,22,26H,6,8,10-11,14H2,(H,27,28)/t17?,18?,19-,22?/m0/s1. The van der Waals surface area contributed by atoms with E-state index in [1.54, 1.807) is 12.1 Å². The smallest absolute Gasteiger partial charge is 0.238 e. The summed E-state index contributed by atoms with van der Waals surface area (Å²) in [5, 5.41) is 15.5. The van der Waals surface area contributed by atoms with Crippen molar-refractivity contribution in [2.24, 2.45) is 5.92 Å². The Kier molecular flexibility index (Phi) is 5.77. The first-order valence-electron chi connectivity index (χ1n) is 10.0. The van der Waals surface area contributed by atoms with E-state index < -0.39 is 11.9 Å². The van der Waals surface area contributed by atoms with Crippen LogP contribution in [-0.2, 0) is 17.8 Å². The van der Waals surface area contributed by atoms with E-state index in [-0.39, 0.29) is 18.4 Å². The van der Waals surface area contributed by atoms with Crippen LogP contribution in [0, 0.1) is 23.1 Å². The van der Waals surface area contributed by atoms with E-state index in [1.165, 1.54) is 6.07 Å². The predicted octanol–water partition coefficient (Wildman–Crippen LogP) is 3.10. The zero-order valence-corrected chi connectivity index (χ0v) is 16.1. The molecular weight excluding hydrogens is 369 g/mol. The van der Waals surface area contributed by atoms with Gasteiger partial charge in [0.05, 0.1) is 12.1 Å². The van der Waals surface area contributed by atoms with Crippen LogP contribution in [0.2, 0.25) is 0 Å². The zero-order chi connectivity index (χ0) is 20.2. The van der Waals surface area contributed by atoms with Crippen LogP contribution in [0.5, 0.6) is 5.75 Å². The molecule has 0 aromatic heterocycles. The molecule has 0 radical (unpaired) electrons. The molecule has 2 bridgehead atoms. The topological polar surface area (TPSA) is 74.1 Å². The molecule has 3 unspecified atom stereocenters. The van der Waals surface area contributed by atoms with Gasteiger partial charge in [-0.15, -0.1) is 0 Å². The normalized spacial score (nSPS) is 23.4. The van der Waals surface area contributed by atoms with Crippen LogP contribution in [0.25, 0.3) is 0 Å². The average molecular weight is 393 g/mol. The Labute approximate surface area is 169 Å². The van der Waals surface area contributed by atoms with Crippen LogP contribution >= 0.6 is 0 Å². The SMILES string of the molecule is N#C[C@H](Cc1ccc(OCc2ccccc2)cc1F)NC(=O)C1NC2CCC1C2. The van der Waals surface area contributed by atoms with E-state index in [1.807, 2.05) is 30.3 Å². The molecular formula is C23H24FN3O2. The van der Waals surface area contributed by atoms with Gasteiger partial charge in [0.15, 0.2) is 0 Å². The molecule has 2 aromatic carbocycles. The molecule has 6 heteroatoms. The molecule has 5 nitrogen and oxygen atoms in total. The number of halogens is 1. The number of carbonyl (C=O) groups is 1. The van der Waals surface area contributed by atoms with Crippen LogP contribution in [0.4, 0.5) is 4.39 Å². The Balaban J connectivity index is 1.33. The minimum atomic E-state index is -0.769. The first kappa shape index (κ1) is 19.4. The van der Waals surface area contributed by atoms with Gasteiger partial charge in [0.25, 0.3) is 0 Å². The molecule has 29 heavy (non-hydrogen) atoms. The lowest BCUT2D eigenvalue weighted by molar-refractivity contribution is -0.124. The number of benzene rings is 2. The number of hydrogen-bond acceptors (Lipinski definition) is 4. The number of ether oxygens (including phenoxy) is 1. The average Bonchev–Trinajstić information content (AvgIpc) is 3.38. The second kappa shape index (κ2) is 8.62. The summed E-state index contributed by atoms with van der Waals surface area (Å²) < 4.78 is 20.2. The molecule has 4 rings (SSSR count). The molecule has 1 amide bonds. The summed E-state index contributed by atoms with van der Waals surface area (Å²) in [5.74, 6) is 0.172. The van der Waals surface area contributed by atoms with E-state index in [4.69, 9.17) is 4.74 Å². The lowest BCUT2D eigenvalue weighted by Gasteiger charge is -2.23. The molecule has 2 N–H and O–H groups in total. The monoisotopic (exact) mass is 393 g/mol. The number of carbonyl (C=O) groups excluding carboxylic acids is 1. The minimum Gasteiger partial charge on any atom is -0.489 e. The van der Waals surface area contributed by atoms with Crippen molar-refractivity contribution < 1.29 is 13.9 Å². The molecule has 1 saturated heterocycles. The molecule has 1 aliphatic carbocycles. The van der Waals surface area contributed by atoms with Crippen molar-refractivity contribution in [2.75, 3.05) is 0 Å². The molecule has 2 aromatic rings. The first-order valence-corrected chi connectivity index (χ1v) is 10.0. The van der Waals surface area contributed by atoms with Crippen LogP contribution in [0.15, 0.2) is 48.5 Å². The van der Waals surface area contributed by atoms with Crippen molar-refractivity contribution in [3.8, 4) is 11.8 Å². The Morgan fingerprint density at radius 3 is 2.76 bits per heavy atom. The summed E-state index contributed by atoms with van der Waals surface area (Å²) in [6, 6.07) is 15.8. The van der Waals surface area contributed by atoms with E-state index in [9.17, 15) is 14.4 Å². The van der Waals surface area contributed by atoms with Crippen molar-refractivity contribution in [3.05, 3.63) is 65.5 Å². The molecule has 2 fully saturated rings. The van der Waals surface area contributed by atoms with Gasteiger partial charge in [0.1, 0.15) is 24.2 Å². The third-order valence-electron chi connectivity index (χ3n) is 5.81. The first-order chi connectivity index (χ1) is 14.1. The van der Waals surface area contributed by atoms with Gasteiger partial charge in [0.2, 0.25) is 5.91 Å². The maximum atomic E-state index is 14.5. The van der Waals surface area contributed by atoms with E-state index in [0.717, 1.165) is 24.8 Å². The predicted molar refractivity (Wildman–Crippen MR) is 106 cm³/mol. The lowest BCUT2D eigenvalue weighted by Crippen LogP contribution is -2.50. The van der Waals surface area contributed by atoms with E-state index in [2.05, 4.69) is 16.7 Å². The largest absolute Gasteiger partial charge is 0.489 e. The highest BCUT2D eigenvalue weighted by atomic mass is 19.1. The van der Waals surface area contributed by atoms with Gasteiger partial charge in [0, 0.05) is 18.5 Å². The van der Waals surface area contributed by atoms with Crippen molar-refractivity contribution >= 4 is 5.91 Å². The zero-order valence-electron chi connectivity index (χ0n) is 16.1. The molecule has 1 heterocycles. The van der Waals surface area contributed by atoms with Crippen molar-refractivity contribution in [1.82, 2.24) is 10.6 Å². The quantitative estimate of drug-likeness (QED) is 0.758. The Bertz CT molecular complexity index is 912. The van der Waals surface area contributed by atoms with E-state index in [0.29, 0.717) is 29.9 Å². The van der Waals surface area contributed by atoms with Crippen LogP contribution < -0.4 is 15.4 Å². The van der Waals surface area contributed by atoms with Gasteiger partial charge in [-0.2, -0.15) is 5.26 Å². The van der Waals surface area contributed by atoms with Gasteiger partial charge < -0.3 is 15.4 Å². The lowest BCUT2D eigenvalue weighted by atomic mass is 9.98. The maximum absolute atomic E-state index is 14.5. The summed E-state index contributed by atoms with van der Waals surface area (Å²) in [4.78, 5) is 12.5. The van der Waals surface area contributed by atoms with Crippen LogP contribution in [0.1, 0.15) is 30.4 Å². The second-order valence-electron chi connectivity index (χ2n) is 7.84. The maximum Gasteiger partial charge on any atom is 0.238 e. The molecule has 0 spiro atoms. The summed E-state index contributed by atoms with van der Waals surface area (Å²) in [6.45, 7) is 0.354. The van der Waals surface area contributed by atoms with Gasteiger partial charge in [-0.1, -0.05) is 36.4 Å². The number of rotatable bonds is 7. The molecule has 4 atom stereocenters. The highest BCUT2D eigenvalue weighted by Gasteiger charge is 2.43. The molecule has 1 aliphatic heterocycles. The fourth-order valence-electron chi connectivity index (χ4n) is 4.28. The number of hydrogen-bond donors (Lipinski definition) is 2. The highest BCUT2D eigenvalue weighted by Crippen LogP contribution is 2.35. The van der Waals surface area contributed by atoms with Gasteiger partial charge in [-0.25, -0.2) is 4.39 Å². The Morgan fingerprint density at radius 1 is 1.28 bits per heavy atom. The van der Waals surface area contributed by atoms with Gasteiger partial charge in [-0.05, 0) is 42.4 Å². The summed E-state index contributed by atoms with van der Waals surface area (Å²) in [5.41, 5.74) is 1.38. The fraction of sp³-hybridized carbons (Fsp3) is 0.391. The number of amides is 1. The van der Waals surface area contributed by atoms with Crippen molar-refractivity contribution in [2.45, 2.75) is 50.4 Å². The van der Waals surface area contributed by atoms with Crippen molar-refractivity contribution in [3.63, 3.8) is 0 Å². The van der Waals surface area contributed by atoms with Crippen LogP contribution in [0.3, 0.4) is 0 Å². The van der Waals surface area contributed by atoms with Crippen molar-refractivity contribution in [1.29, 1.82) is 5.26 Å². The number of nitrogens with one attached hydrogen (secondary N) is 2. The van der Waals surface area contributed by atoms with Crippen LogP contribution in [-0.4, -0.2) is 24.0 Å². The fourth-order valence-corrected chi connectivity index (χ4v) is 4.28. The third-order valence-corrected chi connectivity index (χ3v) is 5.81. The summed E-state index contributed by atoms with van der Waals surface area (Å²) >= 11 is 0. The number of nitrogens with zero attached hydrogens (tertiary/aromatic N) is 1. The Morgan fingerprint density at radius 2 is 2.10 bits per heavy atom. The number of nitriles is 1. The van der Waals surface area contributed by atoms with Gasteiger partial charge in [-0.3, -0.25) is 4.79 Å². The molecule has 150 valence electrons. The number of piperidine rings is 1. The second-order valence-corrected chi connectivity index (χ2v) is 7.84. The third kappa shape index (κ3) is 4.57. The summed E-state index contributed by atoms with van der Waals surface area (Å²) in [6.07, 6.45) is 3.30. The highest BCUT2D eigenvalue weighted by molar-refractivity contribution is 5.83. The molecule has 2 aliphatic rings. The Hall–Kier alpha value is -2.91. The number of fused-ring (bicyclic) bond motifs is 2. The van der Waals surface area contributed by atoms with E-state index >= 15 is 0 Å². The van der Waals surface area contributed by atoms with Gasteiger partial charge >= 0.3 is 0 Å². The summed E-state index contributed by atoms with van der Waals surface area (Å²) in [7, 11) is 0. The minimum absolute atomic E-state index is 0.119. The molecule has 1 saturated carbocycles.